The van der Waals surface area contributed by atoms with Gasteiger partial charge in [0.2, 0.25) is 11.8 Å². The summed E-state index contributed by atoms with van der Waals surface area (Å²) in [5.41, 5.74) is 2.71. The Labute approximate surface area is 144 Å². The molecule has 25 heavy (non-hydrogen) atoms. The molecule has 1 atom stereocenters. The van der Waals surface area contributed by atoms with E-state index in [1.54, 1.807) is 11.1 Å². The summed E-state index contributed by atoms with van der Waals surface area (Å²) in [5, 5.41) is 10.7. The van der Waals surface area contributed by atoms with Crippen molar-refractivity contribution in [1.82, 2.24) is 15.1 Å². The third-order valence-electron chi connectivity index (χ3n) is 4.51. The van der Waals surface area contributed by atoms with Crippen molar-refractivity contribution in [1.29, 1.82) is 0 Å². The van der Waals surface area contributed by atoms with Crippen LogP contribution in [-0.2, 0) is 16.1 Å². The SMILES string of the molecule is O=C(Nc1ccc2[nH]ncc2c1)C1CC(=O)N(Cc2ccccc2)C1. The quantitative estimate of drug-likeness (QED) is 0.770. The van der Waals surface area contributed by atoms with E-state index in [4.69, 9.17) is 0 Å². The van der Waals surface area contributed by atoms with Crippen molar-refractivity contribution < 1.29 is 9.59 Å². The van der Waals surface area contributed by atoms with E-state index in [0.717, 1.165) is 16.5 Å². The fourth-order valence-electron chi connectivity index (χ4n) is 3.17. The van der Waals surface area contributed by atoms with E-state index in [9.17, 15) is 9.59 Å². The monoisotopic (exact) mass is 334 g/mol. The Morgan fingerprint density at radius 1 is 1.24 bits per heavy atom. The molecule has 0 aliphatic carbocycles. The highest BCUT2D eigenvalue weighted by atomic mass is 16.2. The molecule has 2 heterocycles. The molecule has 1 aliphatic heterocycles. The van der Waals surface area contributed by atoms with Crippen LogP contribution in [0.5, 0.6) is 0 Å². The topological polar surface area (TPSA) is 78.1 Å². The number of hydrogen-bond donors (Lipinski definition) is 2. The summed E-state index contributed by atoms with van der Waals surface area (Å²) in [7, 11) is 0. The van der Waals surface area contributed by atoms with Crippen LogP contribution < -0.4 is 5.32 Å². The van der Waals surface area contributed by atoms with Gasteiger partial charge >= 0.3 is 0 Å². The number of carbonyl (C=O) groups is 2. The van der Waals surface area contributed by atoms with Crippen LogP contribution in [0, 0.1) is 5.92 Å². The lowest BCUT2D eigenvalue weighted by Crippen LogP contribution is -2.28. The van der Waals surface area contributed by atoms with Crippen molar-refractivity contribution in [2.45, 2.75) is 13.0 Å². The molecule has 1 unspecified atom stereocenters. The van der Waals surface area contributed by atoms with E-state index in [-0.39, 0.29) is 24.2 Å². The maximum absolute atomic E-state index is 12.5. The molecule has 0 bridgehead atoms. The number of H-pyrrole nitrogens is 1. The van der Waals surface area contributed by atoms with Gasteiger partial charge in [-0.25, -0.2) is 0 Å². The normalized spacial score (nSPS) is 17.2. The minimum Gasteiger partial charge on any atom is -0.338 e. The fourth-order valence-corrected chi connectivity index (χ4v) is 3.17. The van der Waals surface area contributed by atoms with Crippen LogP contribution in [0.25, 0.3) is 10.9 Å². The smallest absolute Gasteiger partial charge is 0.229 e. The third kappa shape index (κ3) is 3.24. The predicted octanol–water partition coefficient (Wildman–Crippen LogP) is 2.55. The standard InChI is InChI=1S/C19H18N4O2/c24-18-9-15(12-23(18)11-13-4-2-1-3-5-13)19(25)21-16-6-7-17-14(8-16)10-20-22-17/h1-8,10,15H,9,11-12H2,(H,20,22)(H,21,25). The molecule has 6 nitrogen and oxygen atoms in total. The highest BCUT2D eigenvalue weighted by Crippen LogP contribution is 2.23. The fraction of sp³-hybridized carbons (Fsp3) is 0.211. The summed E-state index contributed by atoms with van der Waals surface area (Å²) in [6.07, 6.45) is 1.97. The summed E-state index contributed by atoms with van der Waals surface area (Å²) < 4.78 is 0. The Morgan fingerprint density at radius 3 is 2.92 bits per heavy atom. The lowest BCUT2D eigenvalue weighted by atomic mass is 10.1. The molecule has 6 heteroatoms. The number of amides is 2. The number of hydrogen-bond acceptors (Lipinski definition) is 3. The van der Waals surface area contributed by atoms with Gasteiger partial charge in [0.25, 0.3) is 0 Å². The van der Waals surface area contributed by atoms with Gasteiger partial charge in [-0.1, -0.05) is 30.3 Å². The van der Waals surface area contributed by atoms with E-state index >= 15 is 0 Å². The number of aromatic amines is 1. The van der Waals surface area contributed by atoms with Crippen molar-refractivity contribution in [2.24, 2.45) is 5.92 Å². The molecule has 0 saturated carbocycles. The van der Waals surface area contributed by atoms with Crippen molar-refractivity contribution in [3.8, 4) is 0 Å². The molecular weight excluding hydrogens is 316 g/mol. The van der Waals surface area contributed by atoms with Gasteiger partial charge in [-0.05, 0) is 23.8 Å². The van der Waals surface area contributed by atoms with Crippen molar-refractivity contribution in [3.05, 3.63) is 60.3 Å². The van der Waals surface area contributed by atoms with Crippen LogP contribution >= 0.6 is 0 Å². The molecule has 2 N–H and O–H groups in total. The number of anilines is 1. The van der Waals surface area contributed by atoms with Gasteiger partial charge in [-0.2, -0.15) is 5.10 Å². The molecule has 2 aromatic carbocycles. The number of fused-ring (bicyclic) bond motifs is 1. The summed E-state index contributed by atoms with van der Waals surface area (Å²) in [6, 6.07) is 15.4. The average molecular weight is 334 g/mol. The number of carbonyl (C=O) groups excluding carboxylic acids is 2. The second-order valence-corrected chi connectivity index (χ2v) is 6.32. The van der Waals surface area contributed by atoms with Crippen LogP contribution in [-0.4, -0.2) is 33.5 Å². The number of nitrogens with zero attached hydrogens (tertiary/aromatic N) is 2. The molecule has 1 aliphatic rings. The second-order valence-electron chi connectivity index (χ2n) is 6.32. The zero-order valence-electron chi connectivity index (χ0n) is 13.6. The Hall–Kier alpha value is -3.15. The Morgan fingerprint density at radius 2 is 2.08 bits per heavy atom. The van der Waals surface area contributed by atoms with Gasteiger partial charge in [-0.15, -0.1) is 0 Å². The van der Waals surface area contributed by atoms with E-state index in [2.05, 4.69) is 15.5 Å². The van der Waals surface area contributed by atoms with Gasteiger partial charge in [0, 0.05) is 30.6 Å². The average Bonchev–Trinajstić information content (AvgIpc) is 3.22. The van der Waals surface area contributed by atoms with Gasteiger partial charge < -0.3 is 10.2 Å². The number of aromatic nitrogens is 2. The van der Waals surface area contributed by atoms with E-state index < -0.39 is 0 Å². The molecule has 126 valence electrons. The zero-order chi connectivity index (χ0) is 17.2. The van der Waals surface area contributed by atoms with Gasteiger partial charge in [0.05, 0.1) is 17.6 Å². The molecule has 1 saturated heterocycles. The summed E-state index contributed by atoms with van der Waals surface area (Å²) in [5.74, 6) is -0.419. The summed E-state index contributed by atoms with van der Waals surface area (Å²) >= 11 is 0. The highest BCUT2D eigenvalue weighted by molar-refractivity contribution is 5.98. The van der Waals surface area contributed by atoms with E-state index in [1.165, 1.54) is 0 Å². The second kappa shape index (κ2) is 6.39. The van der Waals surface area contributed by atoms with Crippen molar-refractivity contribution in [3.63, 3.8) is 0 Å². The van der Waals surface area contributed by atoms with Crippen LogP contribution in [0.3, 0.4) is 0 Å². The van der Waals surface area contributed by atoms with E-state index in [0.29, 0.717) is 18.8 Å². The van der Waals surface area contributed by atoms with Gasteiger partial charge in [0.1, 0.15) is 0 Å². The molecule has 1 fully saturated rings. The predicted molar refractivity (Wildman–Crippen MR) is 94.7 cm³/mol. The Bertz CT molecular complexity index is 919. The first-order valence-corrected chi connectivity index (χ1v) is 8.25. The van der Waals surface area contributed by atoms with Crippen LogP contribution in [0.1, 0.15) is 12.0 Å². The molecule has 0 spiro atoms. The zero-order valence-corrected chi connectivity index (χ0v) is 13.6. The summed E-state index contributed by atoms with van der Waals surface area (Å²) in [6.45, 7) is 0.998. The summed E-state index contributed by atoms with van der Waals surface area (Å²) in [4.78, 5) is 26.5. The van der Waals surface area contributed by atoms with E-state index in [1.807, 2.05) is 48.5 Å². The highest BCUT2D eigenvalue weighted by Gasteiger charge is 2.34. The lowest BCUT2D eigenvalue weighted by molar-refractivity contribution is -0.128. The number of nitrogens with one attached hydrogen (secondary N) is 2. The maximum atomic E-state index is 12.5. The van der Waals surface area contributed by atoms with Gasteiger partial charge in [-0.3, -0.25) is 14.7 Å². The van der Waals surface area contributed by atoms with Gasteiger partial charge in [0.15, 0.2) is 0 Å². The maximum Gasteiger partial charge on any atom is 0.229 e. The molecule has 0 radical (unpaired) electrons. The lowest BCUT2D eigenvalue weighted by Gasteiger charge is -2.16. The van der Waals surface area contributed by atoms with Crippen LogP contribution in [0.15, 0.2) is 54.7 Å². The first-order valence-electron chi connectivity index (χ1n) is 8.25. The molecule has 2 amide bonds. The minimum atomic E-state index is -0.323. The largest absolute Gasteiger partial charge is 0.338 e. The van der Waals surface area contributed by atoms with Crippen LogP contribution in [0.2, 0.25) is 0 Å². The number of benzene rings is 2. The third-order valence-corrected chi connectivity index (χ3v) is 4.51. The number of likely N-dealkylation sites (tertiary alicyclic amines) is 1. The van der Waals surface area contributed by atoms with Crippen molar-refractivity contribution >= 4 is 28.4 Å². The van der Waals surface area contributed by atoms with Crippen molar-refractivity contribution in [2.75, 3.05) is 11.9 Å². The Balaban J connectivity index is 1.41. The molecule has 4 rings (SSSR count). The minimum absolute atomic E-state index is 0.0225. The Kier molecular flexibility index (Phi) is 3.93. The molecule has 3 aromatic rings. The van der Waals surface area contributed by atoms with Crippen LogP contribution in [0.4, 0.5) is 5.69 Å². The molecule has 1 aromatic heterocycles. The number of rotatable bonds is 4. The first kappa shape index (κ1) is 15.4. The molecular formula is C19H18N4O2. The first-order chi connectivity index (χ1) is 12.2.